The van der Waals surface area contributed by atoms with Crippen LogP contribution < -0.4 is 9.47 Å². The summed E-state index contributed by atoms with van der Waals surface area (Å²) in [6.07, 6.45) is 3.68. The topological polar surface area (TPSA) is 85.2 Å². The minimum Gasteiger partial charge on any atom is -0.454 e. The van der Waals surface area contributed by atoms with Crippen LogP contribution in [-0.4, -0.2) is 40.3 Å². The van der Waals surface area contributed by atoms with Crippen molar-refractivity contribution >= 4 is 32.7 Å². The van der Waals surface area contributed by atoms with E-state index in [-0.39, 0.29) is 0 Å². The second-order valence-electron chi connectivity index (χ2n) is 8.74. The first-order chi connectivity index (χ1) is 16.4. The van der Waals surface area contributed by atoms with Crippen molar-refractivity contribution in [1.82, 2.24) is 0 Å². The Morgan fingerprint density at radius 1 is 0.882 bits per heavy atom. The van der Waals surface area contributed by atoms with Crippen molar-refractivity contribution in [2.45, 2.75) is 24.1 Å². The second kappa shape index (κ2) is 7.98. The van der Waals surface area contributed by atoms with Crippen molar-refractivity contribution in [3.05, 3.63) is 95.0 Å². The Kier molecular flexibility index (Phi) is 5.02. The van der Waals surface area contributed by atoms with Gasteiger partial charge in [0.25, 0.3) is 5.79 Å². The zero-order valence-electron chi connectivity index (χ0n) is 17.9. The van der Waals surface area contributed by atoms with Crippen molar-refractivity contribution < 1.29 is 29.2 Å². The summed E-state index contributed by atoms with van der Waals surface area (Å²) >= 11 is 3.36. The molecule has 1 aliphatic heterocycles. The summed E-state index contributed by atoms with van der Waals surface area (Å²) in [5.74, 6) is -2.06. The third kappa shape index (κ3) is 3.35. The minimum atomic E-state index is -1.38. The van der Waals surface area contributed by atoms with Crippen LogP contribution in [0.5, 0.6) is 11.5 Å². The maximum absolute atomic E-state index is 12.8. The standard InChI is InChI=1S/C27H21BrO6/c28-17-9-7-16(8-10-17)26(31)32-20-12-11-19(30)25-24(20)18(29)13-14-27(25)33-21-5-1-3-15-4-2-6-22(34-27)23(15)21/h1-14,18-20,24-25,29-30H/t18-,19+,20-,24+,25+/m0/s1. The Labute approximate surface area is 204 Å². The molecule has 2 N–H and O–H groups in total. The van der Waals surface area contributed by atoms with E-state index in [4.69, 9.17) is 14.2 Å². The third-order valence-corrected chi connectivity index (χ3v) is 7.26. The number of fused-ring (bicyclic) bond motifs is 2. The van der Waals surface area contributed by atoms with E-state index in [0.29, 0.717) is 17.1 Å². The molecule has 6 nitrogen and oxygen atoms in total. The van der Waals surface area contributed by atoms with E-state index in [0.717, 1.165) is 15.2 Å². The average molecular weight is 521 g/mol. The van der Waals surface area contributed by atoms with Gasteiger partial charge in [0.05, 0.1) is 29.1 Å². The van der Waals surface area contributed by atoms with Crippen molar-refractivity contribution in [1.29, 1.82) is 0 Å². The lowest BCUT2D eigenvalue weighted by atomic mass is 9.68. The minimum absolute atomic E-state index is 0.389. The molecule has 1 heterocycles. The summed E-state index contributed by atoms with van der Waals surface area (Å²) in [5.41, 5.74) is 0.389. The SMILES string of the molecule is O=C(O[C@H]1C=C[C@@H](O)[C@@H]2[C@@H]1[C@@H](O)C=CC21Oc2cccc3cccc(c23)O1)c1ccc(Br)cc1. The van der Waals surface area contributed by atoms with Crippen LogP contribution in [0.25, 0.3) is 10.8 Å². The first kappa shape index (κ1) is 21.4. The van der Waals surface area contributed by atoms with Crippen LogP contribution in [0.15, 0.2) is 89.4 Å². The molecule has 172 valence electrons. The van der Waals surface area contributed by atoms with Gasteiger partial charge in [-0.3, -0.25) is 0 Å². The van der Waals surface area contributed by atoms with Gasteiger partial charge < -0.3 is 24.4 Å². The third-order valence-electron chi connectivity index (χ3n) is 6.73. The van der Waals surface area contributed by atoms with Crippen LogP contribution in [0, 0.1) is 11.8 Å². The van der Waals surface area contributed by atoms with Gasteiger partial charge >= 0.3 is 5.97 Å². The summed E-state index contributed by atoms with van der Waals surface area (Å²) in [6, 6.07) is 18.3. The summed E-state index contributed by atoms with van der Waals surface area (Å²) in [6.45, 7) is 0. The lowest BCUT2D eigenvalue weighted by molar-refractivity contribution is -0.192. The van der Waals surface area contributed by atoms with Crippen molar-refractivity contribution in [2.75, 3.05) is 0 Å². The van der Waals surface area contributed by atoms with Gasteiger partial charge in [-0.1, -0.05) is 52.3 Å². The van der Waals surface area contributed by atoms with Gasteiger partial charge in [-0.05, 0) is 53.9 Å². The highest BCUT2D eigenvalue weighted by molar-refractivity contribution is 9.10. The molecule has 0 bridgehead atoms. The molecule has 0 aromatic heterocycles. The second-order valence-corrected chi connectivity index (χ2v) is 9.66. The molecule has 0 unspecified atom stereocenters. The van der Waals surface area contributed by atoms with Crippen molar-refractivity contribution in [2.24, 2.45) is 11.8 Å². The molecule has 6 rings (SSSR count). The molecule has 34 heavy (non-hydrogen) atoms. The molecule has 0 radical (unpaired) electrons. The zero-order chi connectivity index (χ0) is 23.4. The van der Waals surface area contributed by atoms with Crippen LogP contribution >= 0.6 is 15.9 Å². The maximum atomic E-state index is 12.8. The molecule has 0 fully saturated rings. The first-order valence-corrected chi connectivity index (χ1v) is 11.8. The molecule has 7 heteroatoms. The highest BCUT2D eigenvalue weighted by atomic mass is 79.9. The number of ether oxygens (including phenoxy) is 3. The van der Waals surface area contributed by atoms with Crippen LogP contribution in [0.1, 0.15) is 10.4 Å². The van der Waals surface area contributed by atoms with Gasteiger partial charge in [0, 0.05) is 10.4 Å². The molecule has 3 aromatic carbocycles. The molecule has 3 aliphatic rings. The Balaban J connectivity index is 1.37. The van der Waals surface area contributed by atoms with Gasteiger partial charge in [0.15, 0.2) is 0 Å². The number of benzene rings is 3. The van der Waals surface area contributed by atoms with E-state index in [1.165, 1.54) is 0 Å². The largest absolute Gasteiger partial charge is 0.454 e. The molecule has 3 aromatic rings. The van der Waals surface area contributed by atoms with Crippen molar-refractivity contribution in [3.63, 3.8) is 0 Å². The fourth-order valence-electron chi connectivity index (χ4n) is 5.20. The highest BCUT2D eigenvalue weighted by Gasteiger charge is 2.58. The summed E-state index contributed by atoms with van der Waals surface area (Å²) < 4.78 is 19.5. The fourth-order valence-corrected chi connectivity index (χ4v) is 5.46. The van der Waals surface area contributed by atoms with E-state index in [1.807, 2.05) is 36.4 Å². The summed E-state index contributed by atoms with van der Waals surface area (Å²) in [5, 5.41) is 23.8. The Morgan fingerprint density at radius 3 is 2.24 bits per heavy atom. The van der Waals surface area contributed by atoms with E-state index >= 15 is 0 Å². The Morgan fingerprint density at radius 2 is 1.56 bits per heavy atom. The number of rotatable bonds is 2. The smallest absolute Gasteiger partial charge is 0.338 e. The van der Waals surface area contributed by atoms with E-state index in [2.05, 4.69) is 15.9 Å². The molecule has 5 atom stereocenters. The van der Waals surface area contributed by atoms with Gasteiger partial charge in [-0.25, -0.2) is 4.79 Å². The predicted octanol–water partition coefficient (Wildman–Crippen LogP) is 4.39. The van der Waals surface area contributed by atoms with Crippen LogP contribution in [-0.2, 0) is 4.74 Å². The molecule has 1 spiro atoms. The molecule has 0 saturated carbocycles. The monoisotopic (exact) mass is 520 g/mol. The summed E-state index contributed by atoms with van der Waals surface area (Å²) in [4.78, 5) is 12.8. The fraction of sp³-hybridized carbons (Fsp3) is 0.222. The van der Waals surface area contributed by atoms with E-state index < -0.39 is 41.9 Å². The Hall–Kier alpha value is -3.13. The normalized spacial score (nSPS) is 28.1. The number of carbonyl (C=O) groups excluding carboxylic acids is 1. The number of esters is 1. The van der Waals surface area contributed by atoms with Crippen LogP contribution in [0.4, 0.5) is 0 Å². The van der Waals surface area contributed by atoms with E-state index in [9.17, 15) is 15.0 Å². The predicted molar refractivity (Wildman–Crippen MR) is 129 cm³/mol. The first-order valence-electron chi connectivity index (χ1n) is 11.1. The summed E-state index contributed by atoms with van der Waals surface area (Å²) in [7, 11) is 0. The molecule has 0 saturated heterocycles. The zero-order valence-corrected chi connectivity index (χ0v) is 19.5. The lowest BCUT2D eigenvalue weighted by Gasteiger charge is -2.51. The lowest BCUT2D eigenvalue weighted by Crippen LogP contribution is -2.63. The number of aliphatic hydroxyl groups is 2. The van der Waals surface area contributed by atoms with Gasteiger partial charge in [0.1, 0.15) is 17.6 Å². The van der Waals surface area contributed by atoms with Gasteiger partial charge in [-0.2, -0.15) is 0 Å². The van der Waals surface area contributed by atoms with Crippen LogP contribution in [0.3, 0.4) is 0 Å². The number of aliphatic hydroxyl groups excluding tert-OH is 2. The maximum Gasteiger partial charge on any atom is 0.338 e. The van der Waals surface area contributed by atoms with Gasteiger partial charge in [0.2, 0.25) is 0 Å². The number of hydrogen-bond acceptors (Lipinski definition) is 6. The molecular weight excluding hydrogens is 500 g/mol. The quantitative estimate of drug-likeness (QED) is 0.385. The average Bonchev–Trinajstić information content (AvgIpc) is 2.83. The molecular formula is C27H21BrO6. The van der Waals surface area contributed by atoms with Crippen molar-refractivity contribution in [3.8, 4) is 11.5 Å². The molecule has 2 aliphatic carbocycles. The van der Waals surface area contributed by atoms with Crippen LogP contribution in [0.2, 0.25) is 0 Å². The number of hydrogen-bond donors (Lipinski definition) is 2. The van der Waals surface area contributed by atoms with E-state index in [1.54, 1.807) is 48.6 Å². The molecule has 0 amide bonds. The van der Waals surface area contributed by atoms with Gasteiger partial charge in [-0.15, -0.1) is 0 Å². The number of carbonyl (C=O) groups is 1. The highest BCUT2D eigenvalue weighted by Crippen LogP contribution is 2.50. The Bertz CT molecular complexity index is 1290. The number of halogens is 1.